The maximum atomic E-state index is 14.3. The topological polar surface area (TPSA) is 266 Å². The average molecular weight is 858 g/mol. The molecule has 6 rings (SSSR count). The second kappa shape index (κ2) is 16.5. The minimum Gasteiger partial charge on any atom is -0.472 e. The molecule has 12 atom stereocenters. The largest absolute Gasteiger partial charge is 0.472 e. The Bertz CT molecular complexity index is 2100. The Labute approximate surface area is 348 Å². The lowest BCUT2D eigenvalue weighted by Crippen LogP contribution is -2.89. The van der Waals surface area contributed by atoms with Crippen molar-refractivity contribution in [3.63, 3.8) is 0 Å². The van der Waals surface area contributed by atoms with Gasteiger partial charge in [-0.3, -0.25) is 33.8 Å². The van der Waals surface area contributed by atoms with Crippen LogP contribution in [-0.4, -0.2) is 124 Å². The van der Waals surface area contributed by atoms with Gasteiger partial charge in [-0.05, 0) is 44.9 Å². The summed E-state index contributed by atoms with van der Waals surface area (Å²) in [6.45, 7) is 7.05. The summed E-state index contributed by atoms with van der Waals surface area (Å²) in [6.07, 6.45) is -8.59. The van der Waals surface area contributed by atoms with Gasteiger partial charge in [-0.1, -0.05) is 6.92 Å². The van der Waals surface area contributed by atoms with Crippen molar-refractivity contribution in [2.75, 3.05) is 13.2 Å². The quantitative estimate of drug-likeness (QED) is 0.293. The molecule has 0 unspecified atom stereocenters. The van der Waals surface area contributed by atoms with E-state index in [-0.39, 0.29) is 29.7 Å². The van der Waals surface area contributed by atoms with E-state index in [0.29, 0.717) is 0 Å². The number of aliphatic hydroxyl groups is 1. The highest BCUT2D eigenvalue weighted by atomic mass is 16.7. The Balaban J connectivity index is 1.77. The number of nitrogens with zero attached hydrogens (tertiary/aromatic N) is 1. The van der Waals surface area contributed by atoms with Gasteiger partial charge in [0.1, 0.15) is 48.3 Å². The third-order valence-electron chi connectivity index (χ3n) is 11.8. The van der Waals surface area contributed by atoms with Crippen LogP contribution in [0.4, 0.5) is 0 Å². The predicted octanol–water partition coefficient (Wildman–Crippen LogP) is 1.75. The van der Waals surface area contributed by atoms with Crippen LogP contribution in [0.5, 0.6) is 0 Å². The summed E-state index contributed by atoms with van der Waals surface area (Å²) >= 11 is 0. The Morgan fingerprint density at radius 3 is 2.05 bits per heavy atom. The summed E-state index contributed by atoms with van der Waals surface area (Å²) < 4.78 is 60.1. The smallest absolute Gasteiger partial charge is 0.341 e. The van der Waals surface area contributed by atoms with Gasteiger partial charge in [-0.2, -0.15) is 0 Å². The molecule has 2 aromatic heterocycles. The molecule has 330 valence electrons. The molecule has 0 aromatic carbocycles. The van der Waals surface area contributed by atoms with E-state index in [1.165, 1.54) is 38.2 Å². The Morgan fingerprint density at radius 1 is 0.836 bits per heavy atom. The Kier molecular flexibility index (Phi) is 12.1. The first kappa shape index (κ1) is 44.7. The molecule has 20 nitrogen and oxygen atoms in total. The second-order valence-electron chi connectivity index (χ2n) is 16.1. The third kappa shape index (κ3) is 7.59. The molecular weight excluding hydrogens is 810 g/mol. The molecule has 2 saturated carbocycles. The maximum Gasteiger partial charge on any atom is 0.341 e. The zero-order chi connectivity index (χ0) is 44.8. The van der Waals surface area contributed by atoms with Crippen LogP contribution in [0.2, 0.25) is 0 Å². The summed E-state index contributed by atoms with van der Waals surface area (Å²) in [4.78, 5) is 113. The van der Waals surface area contributed by atoms with E-state index in [4.69, 9.17) is 47.0 Å². The van der Waals surface area contributed by atoms with Crippen molar-refractivity contribution < 1.29 is 90.5 Å². The van der Waals surface area contributed by atoms with Gasteiger partial charge >= 0.3 is 47.8 Å². The standard InChI is InChI=1S/C41H47NO19/c1-19-11-12-27-26(10-9-14-42-27)37(50)54-17-38(7)28-29(55-21(3)44)33(57-23(5)46)40(18-53-20(2)43)34(58-24(6)47)30(59-36(49)25-13-15-52-16-25)32(60-35(19)48)39(8,51)41(40,61-38)31(28)56-22(4)45/h9-10,13-16,19,28-34,51H,11-12,17-18H2,1-8H3/t19-,28-,29-,30+,31-,32+,33-,34+,38+,39-,40-,41+/m1/s1. The number of aromatic nitrogens is 1. The lowest BCUT2D eigenvalue weighted by molar-refractivity contribution is -0.386. The summed E-state index contributed by atoms with van der Waals surface area (Å²) in [6, 6.07) is 4.17. The Morgan fingerprint density at radius 2 is 1.46 bits per heavy atom. The van der Waals surface area contributed by atoms with Gasteiger partial charge < -0.3 is 52.2 Å². The number of carbonyl (C=O) groups is 8. The number of aryl methyl sites for hydroxylation is 1. The van der Waals surface area contributed by atoms with Crippen molar-refractivity contribution >= 4 is 47.8 Å². The molecule has 61 heavy (non-hydrogen) atoms. The van der Waals surface area contributed by atoms with Crippen LogP contribution in [-0.2, 0) is 77.8 Å². The van der Waals surface area contributed by atoms with Crippen LogP contribution >= 0.6 is 0 Å². The van der Waals surface area contributed by atoms with Crippen LogP contribution in [0.1, 0.15) is 88.2 Å². The second-order valence-corrected chi connectivity index (χ2v) is 16.1. The van der Waals surface area contributed by atoms with E-state index in [9.17, 15) is 43.5 Å². The molecule has 4 bridgehead atoms. The van der Waals surface area contributed by atoms with E-state index in [1.807, 2.05) is 0 Å². The summed E-state index contributed by atoms with van der Waals surface area (Å²) in [5.74, 6) is -10.8. The molecule has 0 radical (unpaired) electrons. The van der Waals surface area contributed by atoms with E-state index < -0.39 is 132 Å². The summed E-state index contributed by atoms with van der Waals surface area (Å²) in [5, 5.41) is 13.6. The molecule has 1 N–H and O–H groups in total. The van der Waals surface area contributed by atoms with Crippen molar-refractivity contribution in [2.24, 2.45) is 17.3 Å². The zero-order valence-corrected chi connectivity index (χ0v) is 34.7. The lowest BCUT2D eigenvalue weighted by Gasteiger charge is -2.67. The normalized spacial score (nSPS) is 35.4. The first-order valence-electron chi connectivity index (χ1n) is 19.4. The van der Waals surface area contributed by atoms with Gasteiger partial charge in [-0.15, -0.1) is 0 Å². The first-order valence-corrected chi connectivity index (χ1v) is 19.4. The fraction of sp³-hybridized carbons (Fsp3) is 0.585. The van der Waals surface area contributed by atoms with Crippen molar-refractivity contribution in [3.8, 4) is 0 Å². The van der Waals surface area contributed by atoms with Crippen LogP contribution in [0.3, 0.4) is 0 Å². The molecule has 0 amide bonds. The van der Waals surface area contributed by atoms with Crippen molar-refractivity contribution in [1.82, 2.24) is 4.98 Å². The van der Waals surface area contributed by atoms with E-state index in [0.717, 1.165) is 54.1 Å². The predicted molar refractivity (Wildman–Crippen MR) is 197 cm³/mol. The van der Waals surface area contributed by atoms with Crippen LogP contribution in [0, 0.1) is 17.3 Å². The van der Waals surface area contributed by atoms with Gasteiger partial charge in [0.2, 0.25) is 0 Å². The highest BCUT2D eigenvalue weighted by Crippen LogP contribution is 2.70. The highest BCUT2D eigenvalue weighted by molar-refractivity contribution is 5.91. The molecule has 1 spiro atoms. The number of cyclic esters (lactones) is 1. The fourth-order valence-corrected chi connectivity index (χ4v) is 9.54. The van der Waals surface area contributed by atoms with E-state index in [1.54, 1.807) is 0 Å². The van der Waals surface area contributed by atoms with E-state index >= 15 is 0 Å². The molecule has 2 aliphatic carbocycles. The number of carbonyl (C=O) groups excluding carboxylic acids is 8. The summed E-state index contributed by atoms with van der Waals surface area (Å²) in [5.41, 5.74) is -10.3. The number of hydrogen-bond acceptors (Lipinski definition) is 20. The minimum absolute atomic E-state index is 0.0163. The average Bonchev–Trinajstić information content (AvgIpc) is 3.79. The molecule has 1 saturated heterocycles. The molecular formula is C41H47NO19. The number of hydrogen-bond donors (Lipinski definition) is 1. The van der Waals surface area contributed by atoms with Gasteiger partial charge in [0.05, 0.1) is 34.9 Å². The maximum absolute atomic E-state index is 14.3. The number of furan rings is 1. The van der Waals surface area contributed by atoms with Gasteiger partial charge in [-0.25, -0.2) is 9.59 Å². The molecule has 3 fully saturated rings. The number of esters is 8. The first-order chi connectivity index (χ1) is 28.6. The number of pyridine rings is 1. The molecule has 2 aromatic rings. The van der Waals surface area contributed by atoms with Crippen molar-refractivity contribution in [1.29, 1.82) is 0 Å². The number of fused-ring (bicyclic) bond motifs is 5. The van der Waals surface area contributed by atoms with Crippen LogP contribution in [0.15, 0.2) is 41.3 Å². The van der Waals surface area contributed by atoms with Crippen molar-refractivity contribution in [2.45, 2.75) is 122 Å². The molecule has 4 aliphatic rings. The monoisotopic (exact) mass is 857 g/mol. The fourth-order valence-electron chi connectivity index (χ4n) is 9.54. The van der Waals surface area contributed by atoms with Gasteiger partial charge in [0.25, 0.3) is 0 Å². The highest BCUT2D eigenvalue weighted by Gasteiger charge is 2.92. The van der Waals surface area contributed by atoms with Crippen molar-refractivity contribution in [3.05, 3.63) is 53.7 Å². The Hall–Kier alpha value is -5.89. The minimum atomic E-state index is -2.87. The van der Waals surface area contributed by atoms with Gasteiger partial charge in [0.15, 0.2) is 30.0 Å². The molecule has 2 aliphatic heterocycles. The molecule has 4 heterocycles. The van der Waals surface area contributed by atoms with Gasteiger partial charge in [0, 0.05) is 40.8 Å². The van der Waals surface area contributed by atoms with Crippen LogP contribution < -0.4 is 0 Å². The number of rotatable bonds is 8. The lowest BCUT2D eigenvalue weighted by atomic mass is 9.45. The zero-order valence-electron chi connectivity index (χ0n) is 34.7. The summed E-state index contributed by atoms with van der Waals surface area (Å²) in [7, 11) is 0. The number of ether oxygens (including phenoxy) is 9. The van der Waals surface area contributed by atoms with Crippen LogP contribution in [0.25, 0.3) is 0 Å². The molecule has 20 heteroatoms. The SMILES string of the molecule is CC(=O)OC[C@]12[C@H](OC(C)=O)[C@H](OC(C)=O)[C@@H]3[C@@H](OC(C)=O)[C@@]14O[C@@]3(C)COC(=O)c1cccnc1CC[C@@H](C)C(=O)O[C@@H]([C@H](OC(=O)c1ccoc1)[C@@H]2OC(C)=O)[C@@]4(C)O. The van der Waals surface area contributed by atoms with E-state index in [2.05, 4.69) is 4.98 Å². The third-order valence-corrected chi connectivity index (χ3v) is 11.8.